The first-order chi connectivity index (χ1) is 9.66. The Balaban J connectivity index is 1.83. The zero-order valence-electron chi connectivity index (χ0n) is 11.9. The summed E-state index contributed by atoms with van der Waals surface area (Å²) in [7, 11) is 1.89. The van der Waals surface area contributed by atoms with Crippen LogP contribution in [0.4, 0.5) is 0 Å². The van der Waals surface area contributed by atoms with Crippen molar-refractivity contribution in [2.24, 2.45) is 7.05 Å². The molecule has 0 saturated carbocycles. The minimum Gasteiger partial charge on any atom is -0.290 e. The van der Waals surface area contributed by atoms with E-state index in [2.05, 4.69) is 27.1 Å². The van der Waals surface area contributed by atoms with Gasteiger partial charge in [-0.25, -0.2) is 0 Å². The number of hydrogen-bond acceptors (Lipinski definition) is 3. The molecule has 3 rings (SSSR count). The maximum absolute atomic E-state index is 6.34. The van der Waals surface area contributed by atoms with Crippen LogP contribution in [-0.2, 0) is 13.6 Å². The molecular weight excluding hydrogens is 272 g/mol. The number of likely N-dealkylation sites (tertiary alicyclic amines) is 1. The molecule has 0 aliphatic carbocycles. The van der Waals surface area contributed by atoms with Crippen LogP contribution in [0.15, 0.2) is 24.4 Å². The van der Waals surface area contributed by atoms with Crippen LogP contribution in [0.1, 0.15) is 35.8 Å². The van der Waals surface area contributed by atoms with Gasteiger partial charge in [0.25, 0.3) is 0 Å². The molecule has 106 valence electrons. The number of nitrogens with zero attached hydrogens (tertiary/aromatic N) is 4. The van der Waals surface area contributed by atoms with Crippen molar-refractivity contribution in [3.05, 3.63) is 46.5 Å². The number of halogens is 1. The minimum absolute atomic E-state index is 0.395. The van der Waals surface area contributed by atoms with Crippen LogP contribution in [0.2, 0.25) is 5.15 Å². The van der Waals surface area contributed by atoms with Crippen LogP contribution in [0.25, 0.3) is 0 Å². The molecule has 2 aromatic heterocycles. The van der Waals surface area contributed by atoms with E-state index in [9.17, 15) is 0 Å². The maximum Gasteiger partial charge on any atom is 0.131 e. The van der Waals surface area contributed by atoms with Gasteiger partial charge < -0.3 is 0 Å². The van der Waals surface area contributed by atoms with E-state index in [1.54, 1.807) is 4.68 Å². The molecule has 4 nitrogen and oxygen atoms in total. The fraction of sp³-hybridized carbons (Fsp3) is 0.467. The Kier molecular flexibility index (Phi) is 3.76. The molecule has 1 aliphatic rings. The van der Waals surface area contributed by atoms with Gasteiger partial charge in [0.2, 0.25) is 0 Å². The molecule has 1 fully saturated rings. The zero-order valence-corrected chi connectivity index (χ0v) is 12.6. The van der Waals surface area contributed by atoms with E-state index in [0.717, 1.165) is 41.6 Å². The lowest BCUT2D eigenvalue weighted by molar-refractivity contribution is 0.244. The van der Waals surface area contributed by atoms with E-state index in [0.29, 0.717) is 6.04 Å². The van der Waals surface area contributed by atoms with Gasteiger partial charge in [0, 0.05) is 25.4 Å². The standard InChI is InChI=1S/C15H19ClN4/c1-11-12(15(16)19(2)18-11)10-20-9-5-7-14(20)13-6-3-4-8-17-13/h3-4,6,8,14H,5,7,9-10H2,1-2H3. The Bertz CT molecular complexity index is 593. The topological polar surface area (TPSA) is 34.0 Å². The minimum atomic E-state index is 0.395. The second-order valence-electron chi connectivity index (χ2n) is 5.36. The third-order valence-corrected chi connectivity index (χ3v) is 4.50. The number of rotatable bonds is 3. The van der Waals surface area contributed by atoms with Crippen LogP contribution in [-0.4, -0.2) is 26.2 Å². The Morgan fingerprint density at radius 3 is 2.90 bits per heavy atom. The van der Waals surface area contributed by atoms with Gasteiger partial charge in [0.1, 0.15) is 5.15 Å². The molecule has 0 bridgehead atoms. The highest BCUT2D eigenvalue weighted by atomic mass is 35.5. The van der Waals surface area contributed by atoms with Crippen molar-refractivity contribution in [1.29, 1.82) is 0 Å². The fourth-order valence-corrected chi connectivity index (χ4v) is 3.21. The summed E-state index contributed by atoms with van der Waals surface area (Å²) in [4.78, 5) is 6.96. The number of hydrogen-bond donors (Lipinski definition) is 0. The molecule has 0 aromatic carbocycles. The molecule has 20 heavy (non-hydrogen) atoms. The lowest BCUT2D eigenvalue weighted by Gasteiger charge is -2.23. The van der Waals surface area contributed by atoms with Crippen LogP contribution >= 0.6 is 11.6 Å². The Labute approximate surface area is 124 Å². The first-order valence-electron chi connectivity index (χ1n) is 7.00. The van der Waals surface area contributed by atoms with Gasteiger partial charge >= 0.3 is 0 Å². The monoisotopic (exact) mass is 290 g/mol. The number of pyridine rings is 1. The van der Waals surface area contributed by atoms with Gasteiger partial charge in [0.05, 0.1) is 17.4 Å². The molecule has 0 amide bonds. The highest BCUT2D eigenvalue weighted by molar-refractivity contribution is 6.30. The van der Waals surface area contributed by atoms with Crippen molar-refractivity contribution in [2.75, 3.05) is 6.54 Å². The summed E-state index contributed by atoms with van der Waals surface area (Å²) < 4.78 is 1.75. The van der Waals surface area contributed by atoms with E-state index in [-0.39, 0.29) is 0 Å². The third kappa shape index (κ3) is 2.45. The summed E-state index contributed by atoms with van der Waals surface area (Å²) in [5.41, 5.74) is 3.31. The SMILES string of the molecule is Cc1nn(C)c(Cl)c1CN1CCCC1c1ccccn1. The molecule has 0 N–H and O–H groups in total. The second kappa shape index (κ2) is 5.54. The largest absolute Gasteiger partial charge is 0.290 e. The summed E-state index contributed by atoms with van der Waals surface area (Å²) in [6.45, 7) is 3.96. The average Bonchev–Trinajstić information content (AvgIpc) is 3.01. The highest BCUT2D eigenvalue weighted by Crippen LogP contribution is 2.33. The summed E-state index contributed by atoms with van der Waals surface area (Å²) >= 11 is 6.34. The van der Waals surface area contributed by atoms with Crippen molar-refractivity contribution in [3.63, 3.8) is 0 Å². The van der Waals surface area contributed by atoms with Crippen molar-refractivity contribution < 1.29 is 0 Å². The van der Waals surface area contributed by atoms with E-state index in [1.807, 2.05) is 26.2 Å². The predicted octanol–water partition coefficient (Wildman–Crippen LogP) is 3.11. The molecule has 1 saturated heterocycles. The van der Waals surface area contributed by atoms with E-state index < -0.39 is 0 Å². The summed E-state index contributed by atoms with van der Waals surface area (Å²) in [5, 5.41) is 5.14. The highest BCUT2D eigenvalue weighted by Gasteiger charge is 2.28. The first kappa shape index (κ1) is 13.6. The maximum atomic E-state index is 6.34. The molecule has 1 aliphatic heterocycles. The molecule has 1 unspecified atom stereocenters. The zero-order chi connectivity index (χ0) is 14.1. The first-order valence-corrected chi connectivity index (χ1v) is 7.37. The summed E-state index contributed by atoms with van der Waals surface area (Å²) in [6, 6.07) is 6.53. The molecular formula is C15H19ClN4. The second-order valence-corrected chi connectivity index (χ2v) is 5.72. The van der Waals surface area contributed by atoms with Crippen LogP contribution in [0, 0.1) is 6.92 Å². The van der Waals surface area contributed by atoms with Crippen LogP contribution in [0.3, 0.4) is 0 Å². The van der Waals surface area contributed by atoms with Crippen molar-refractivity contribution in [1.82, 2.24) is 19.7 Å². The van der Waals surface area contributed by atoms with Gasteiger partial charge in [-0.2, -0.15) is 5.10 Å². The normalized spacial score (nSPS) is 19.6. The predicted molar refractivity (Wildman–Crippen MR) is 79.6 cm³/mol. The Hall–Kier alpha value is -1.39. The molecule has 2 aromatic rings. The van der Waals surface area contributed by atoms with Gasteiger partial charge in [-0.15, -0.1) is 0 Å². The number of aryl methyl sites for hydroxylation is 2. The molecule has 0 radical (unpaired) electrons. The smallest absolute Gasteiger partial charge is 0.131 e. The van der Waals surface area contributed by atoms with Gasteiger partial charge in [-0.3, -0.25) is 14.6 Å². The number of aromatic nitrogens is 3. The van der Waals surface area contributed by atoms with Gasteiger partial charge in [-0.1, -0.05) is 17.7 Å². The van der Waals surface area contributed by atoms with E-state index in [4.69, 9.17) is 11.6 Å². The van der Waals surface area contributed by atoms with Gasteiger partial charge in [-0.05, 0) is 38.4 Å². The van der Waals surface area contributed by atoms with E-state index >= 15 is 0 Å². The van der Waals surface area contributed by atoms with Gasteiger partial charge in [0.15, 0.2) is 0 Å². The Morgan fingerprint density at radius 1 is 1.40 bits per heavy atom. The third-order valence-electron chi connectivity index (χ3n) is 4.02. The lowest BCUT2D eigenvalue weighted by Crippen LogP contribution is -2.23. The quantitative estimate of drug-likeness (QED) is 0.871. The fourth-order valence-electron chi connectivity index (χ4n) is 2.98. The molecule has 1 atom stereocenters. The molecule has 5 heteroatoms. The summed E-state index contributed by atoms with van der Waals surface area (Å²) in [6.07, 6.45) is 4.24. The van der Waals surface area contributed by atoms with Crippen LogP contribution < -0.4 is 0 Å². The average molecular weight is 291 g/mol. The molecule has 0 spiro atoms. The Morgan fingerprint density at radius 2 is 2.25 bits per heavy atom. The van der Waals surface area contributed by atoms with Crippen molar-refractivity contribution >= 4 is 11.6 Å². The van der Waals surface area contributed by atoms with E-state index in [1.165, 1.54) is 6.42 Å². The van der Waals surface area contributed by atoms with Crippen molar-refractivity contribution in [3.8, 4) is 0 Å². The van der Waals surface area contributed by atoms with Crippen molar-refractivity contribution in [2.45, 2.75) is 32.4 Å². The van der Waals surface area contributed by atoms with Crippen LogP contribution in [0.5, 0.6) is 0 Å². The molecule has 3 heterocycles. The summed E-state index contributed by atoms with van der Waals surface area (Å²) in [5.74, 6) is 0. The lowest BCUT2D eigenvalue weighted by atomic mass is 10.1.